The van der Waals surface area contributed by atoms with Crippen molar-refractivity contribution in [1.29, 1.82) is 0 Å². The normalized spacial score (nSPS) is 26.0. The van der Waals surface area contributed by atoms with Crippen LogP contribution < -0.4 is 11.1 Å². The highest BCUT2D eigenvalue weighted by atomic mass is 79.9. The second-order valence-corrected chi connectivity index (χ2v) is 10.7. The van der Waals surface area contributed by atoms with E-state index in [9.17, 15) is 14.0 Å². The van der Waals surface area contributed by atoms with Crippen molar-refractivity contribution in [2.45, 2.75) is 74.5 Å². The topological polar surface area (TPSA) is 75.4 Å². The maximum Gasteiger partial charge on any atom is 0.245 e. The van der Waals surface area contributed by atoms with Crippen molar-refractivity contribution < 1.29 is 14.0 Å². The number of hydrogen-bond acceptors (Lipinski definition) is 3. The quantitative estimate of drug-likeness (QED) is 0.616. The minimum Gasteiger partial charge on any atom is -0.343 e. The van der Waals surface area contributed by atoms with Crippen LogP contribution in [-0.4, -0.2) is 40.9 Å². The summed E-state index contributed by atoms with van der Waals surface area (Å²) in [5.74, 6) is -0.678. The number of rotatable bonds is 6. The molecule has 174 valence electrons. The summed E-state index contributed by atoms with van der Waals surface area (Å²) < 4.78 is 15.5. The predicted octanol–water partition coefficient (Wildman–Crippen LogP) is 3.83. The van der Waals surface area contributed by atoms with Gasteiger partial charge in [0, 0.05) is 34.6 Å². The number of nitrogens with one attached hydrogen (secondary N) is 1. The zero-order valence-electron chi connectivity index (χ0n) is 18.5. The smallest absolute Gasteiger partial charge is 0.245 e. The second kappa shape index (κ2) is 8.84. The van der Waals surface area contributed by atoms with Crippen LogP contribution in [0.3, 0.4) is 0 Å². The predicted molar refractivity (Wildman–Crippen MR) is 128 cm³/mol. The molecule has 2 saturated heterocycles. The molecule has 2 aromatic rings. The van der Waals surface area contributed by atoms with Gasteiger partial charge >= 0.3 is 0 Å². The van der Waals surface area contributed by atoms with E-state index in [1.807, 2.05) is 29.2 Å². The van der Waals surface area contributed by atoms with Crippen LogP contribution in [0.15, 0.2) is 53.0 Å². The van der Waals surface area contributed by atoms with Crippen LogP contribution in [0.2, 0.25) is 0 Å². The maximum absolute atomic E-state index is 14.5. The summed E-state index contributed by atoms with van der Waals surface area (Å²) in [4.78, 5) is 29.3. The lowest BCUT2D eigenvalue weighted by Gasteiger charge is -2.40. The number of nitrogens with two attached hydrogens (primary N) is 1. The van der Waals surface area contributed by atoms with Gasteiger partial charge in [-0.1, -0.05) is 46.3 Å². The van der Waals surface area contributed by atoms with Crippen molar-refractivity contribution >= 4 is 27.7 Å². The molecule has 7 heteroatoms. The molecule has 0 radical (unpaired) electrons. The number of fused-ring (bicyclic) bond motifs is 2. The van der Waals surface area contributed by atoms with Gasteiger partial charge < -0.3 is 16.0 Å². The molecule has 0 aromatic heterocycles. The highest BCUT2D eigenvalue weighted by Gasteiger charge is 2.54. The number of carbonyl (C=O) groups excluding carboxylic acids is 2. The van der Waals surface area contributed by atoms with Crippen LogP contribution in [0.1, 0.15) is 49.7 Å². The Balaban J connectivity index is 1.41. The molecule has 3 atom stereocenters. The Morgan fingerprint density at radius 3 is 2.33 bits per heavy atom. The van der Waals surface area contributed by atoms with Gasteiger partial charge in [-0.3, -0.25) is 9.59 Å². The van der Waals surface area contributed by atoms with Crippen LogP contribution >= 0.6 is 15.9 Å². The van der Waals surface area contributed by atoms with E-state index in [4.69, 9.17) is 5.73 Å². The molecule has 2 heterocycles. The third-order valence-corrected chi connectivity index (χ3v) is 8.08. The zero-order chi connectivity index (χ0) is 23.2. The third-order valence-electron chi connectivity index (χ3n) is 7.55. The summed E-state index contributed by atoms with van der Waals surface area (Å²) in [6, 6.07) is 13.9. The number of benzene rings is 2. The first-order valence-electron chi connectivity index (χ1n) is 11.8. The fraction of sp³-hybridized carbons (Fsp3) is 0.462. The summed E-state index contributed by atoms with van der Waals surface area (Å²) in [5, 5.41) is 3.05. The van der Waals surface area contributed by atoms with E-state index in [0.29, 0.717) is 24.8 Å². The summed E-state index contributed by atoms with van der Waals surface area (Å²) in [6.45, 7) is 0. The van der Waals surface area contributed by atoms with Gasteiger partial charge in [-0.25, -0.2) is 4.39 Å². The van der Waals surface area contributed by atoms with Crippen molar-refractivity contribution in [3.05, 3.63) is 69.9 Å². The molecule has 2 aliphatic heterocycles. The highest BCUT2D eigenvalue weighted by molar-refractivity contribution is 9.10. The lowest BCUT2D eigenvalue weighted by atomic mass is 9.92. The summed E-state index contributed by atoms with van der Waals surface area (Å²) >= 11 is 3.45. The number of hydrogen-bond donors (Lipinski definition) is 2. The molecule has 3 aliphatic rings. The van der Waals surface area contributed by atoms with Crippen molar-refractivity contribution in [3.63, 3.8) is 0 Å². The van der Waals surface area contributed by atoms with Gasteiger partial charge in [0.05, 0.1) is 5.41 Å². The van der Waals surface area contributed by atoms with Crippen molar-refractivity contribution in [3.8, 4) is 0 Å². The Hall–Kier alpha value is -2.25. The van der Waals surface area contributed by atoms with E-state index in [0.717, 1.165) is 35.7 Å². The van der Waals surface area contributed by atoms with E-state index >= 15 is 0 Å². The Bertz CT molecular complexity index is 1040. The van der Waals surface area contributed by atoms with Gasteiger partial charge in [-0.05, 0) is 62.3 Å². The summed E-state index contributed by atoms with van der Waals surface area (Å²) in [6.07, 6.45) is 5.10. The van der Waals surface area contributed by atoms with Crippen LogP contribution in [0.25, 0.3) is 0 Å². The fourth-order valence-electron chi connectivity index (χ4n) is 5.70. The zero-order valence-corrected chi connectivity index (χ0v) is 20.1. The molecule has 2 bridgehead atoms. The molecule has 1 aliphatic carbocycles. The van der Waals surface area contributed by atoms with Gasteiger partial charge in [0.25, 0.3) is 0 Å². The summed E-state index contributed by atoms with van der Waals surface area (Å²) in [7, 11) is 0. The largest absolute Gasteiger partial charge is 0.343 e. The molecule has 2 amide bonds. The molecular weight excluding hydrogens is 485 g/mol. The monoisotopic (exact) mass is 513 g/mol. The first-order chi connectivity index (χ1) is 15.9. The van der Waals surface area contributed by atoms with Crippen molar-refractivity contribution in [2.75, 3.05) is 0 Å². The van der Waals surface area contributed by atoms with E-state index < -0.39 is 11.5 Å². The van der Waals surface area contributed by atoms with E-state index in [-0.39, 0.29) is 35.8 Å². The van der Waals surface area contributed by atoms with Crippen LogP contribution in [0.5, 0.6) is 0 Å². The van der Waals surface area contributed by atoms with Gasteiger partial charge in [0.2, 0.25) is 11.8 Å². The molecule has 2 unspecified atom stereocenters. The molecule has 2 aromatic carbocycles. The molecular formula is C26H29BrFN3O2. The maximum atomic E-state index is 14.5. The van der Waals surface area contributed by atoms with Crippen LogP contribution in [0.4, 0.5) is 4.39 Å². The van der Waals surface area contributed by atoms with E-state index in [1.165, 1.54) is 6.07 Å². The Labute approximate surface area is 202 Å². The fourth-order valence-corrected chi connectivity index (χ4v) is 5.97. The minimum absolute atomic E-state index is 0.0463. The molecule has 5 nitrogen and oxygen atoms in total. The van der Waals surface area contributed by atoms with E-state index in [1.54, 1.807) is 18.2 Å². The second-order valence-electron chi connectivity index (χ2n) is 9.78. The number of carbonyl (C=O) groups is 2. The van der Waals surface area contributed by atoms with Gasteiger partial charge in [-0.15, -0.1) is 0 Å². The average Bonchev–Trinajstić information content (AvgIpc) is 3.55. The highest BCUT2D eigenvalue weighted by Crippen LogP contribution is 2.49. The first kappa shape index (κ1) is 22.5. The average molecular weight is 514 g/mol. The number of nitrogens with zero attached hydrogens (tertiary/aromatic N) is 1. The molecule has 33 heavy (non-hydrogen) atoms. The Morgan fingerprint density at radius 1 is 1.09 bits per heavy atom. The van der Waals surface area contributed by atoms with Crippen molar-refractivity contribution in [2.24, 2.45) is 5.73 Å². The number of amides is 2. The number of halogens is 2. The first-order valence-corrected chi connectivity index (χ1v) is 12.5. The van der Waals surface area contributed by atoms with Gasteiger partial charge in [0.1, 0.15) is 11.9 Å². The summed E-state index contributed by atoms with van der Waals surface area (Å²) in [5.41, 5.74) is 6.71. The van der Waals surface area contributed by atoms with Gasteiger partial charge in [0.15, 0.2) is 0 Å². The van der Waals surface area contributed by atoms with Crippen molar-refractivity contribution in [1.82, 2.24) is 10.2 Å². The molecule has 1 saturated carbocycles. The number of piperidine rings is 1. The molecule has 0 spiro atoms. The SMILES string of the molecule is NC1CC2CCC(C1)N2C(=O)[C@H](Cc1ccc(Br)cc1)NC(=O)C1(c2ccccc2F)CC1. The minimum atomic E-state index is -0.882. The van der Waals surface area contributed by atoms with Crippen LogP contribution in [0, 0.1) is 5.82 Å². The lowest BCUT2D eigenvalue weighted by molar-refractivity contribution is -0.140. The van der Waals surface area contributed by atoms with E-state index in [2.05, 4.69) is 21.2 Å². The molecule has 5 rings (SSSR count). The molecule has 3 fully saturated rings. The van der Waals surface area contributed by atoms with Crippen LogP contribution in [-0.2, 0) is 21.4 Å². The van der Waals surface area contributed by atoms with Gasteiger partial charge in [-0.2, -0.15) is 0 Å². The lowest BCUT2D eigenvalue weighted by Crippen LogP contribution is -2.58. The standard InChI is InChI=1S/C26H29BrFN3O2/c27-17-7-5-16(6-8-17)13-23(24(32)31-19-9-10-20(31)15-18(29)14-19)30-25(33)26(11-12-26)21-3-1-2-4-22(21)28/h1-8,18-20,23H,9-15,29H2,(H,30,33)/t18?,19?,20?,23-/m0/s1. The Kier molecular flexibility index (Phi) is 6.04. The Morgan fingerprint density at radius 2 is 1.73 bits per heavy atom. The third kappa shape index (κ3) is 4.33. The molecule has 3 N–H and O–H groups in total.